The van der Waals surface area contributed by atoms with E-state index in [4.69, 9.17) is 0 Å². The van der Waals surface area contributed by atoms with Crippen molar-refractivity contribution in [3.05, 3.63) is 71.8 Å². The summed E-state index contributed by atoms with van der Waals surface area (Å²) in [7, 11) is 0. The molecule has 0 aromatic heterocycles. The van der Waals surface area contributed by atoms with Gasteiger partial charge >= 0.3 is 5.97 Å². The van der Waals surface area contributed by atoms with E-state index >= 15 is 0 Å². The van der Waals surface area contributed by atoms with E-state index < -0.39 is 11.5 Å². The number of aliphatic imine (C=N–C) groups is 1. The number of benzene rings is 2. The molecular formula is C19H20N2O2. The highest BCUT2D eigenvalue weighted by Crippen LogP contribution is 2.41. The van der Waals surface area contributed by atoms with E-state index in [1.165, 1.54) is 0 Å². The Balaban J connectivity index is 2.03. The van der Waals surface area contributed by atoms with Crippen LogP contribution in [0, 0.1) is 0 Å². The topological polar surface area (TPSA) is 52.9 Å². The summed E-state index contributed by atoms with van der Waals surface area (Å²) in [4.78, 5) is 18.5. The van der Waals surface area contributed by atoms with E-state index in [9.17, 15) is 9.90 Å². The maximum absolute atomic E-state index is 11.9. The number of carboxylic acid groups (broad SMARTS) is 1. The molecule has 3 rings (SSSR count). The number of aliphatic carboxylic acids is 1. The van der Waals surface area contributed by atoms with Crippen LogP contribution >= 0.6 is 0 Å². The molecule has 118 valence electrons. The molecule has 0 bridgehead atoms. The molecule has 0 saturated carbocycles. The summed E-state index contributed by atoms with van der Waals surface area (Å²) in [6.07, 6.45) is 0. The van der Waals surface area contributed by atoms with Gasteiger partial charge in [0, 0.05) is 6.54 Å². The van der Waals surface area contributed by atoms with E-state index in [1.807, 2.05) is 67.6 Å². The van der Waals surface area contributed by atoms with Gasteiger partial charge in [-0.05, 0) is 25.0 Å². The van der Waals surface area contributed by atoms with Crippen molar-refractivity contribution in [2.75, 3.05) is 0 Å². The quantitative estimate of drug-likeness (QED) is 0.940. The number of amidine groups is 1. The molecular weight excluding hydrogens is 288 g/mol. The van der Waals surface area contributed by atoms with Gasteiger partial charge in [0.15, 0.2) is 5.54 Å². The first-order valence-electron chi connectivity index (χ1n) is 7.68. The number of rotatable bonds is 4. The second kappa shape index (κ2) is 5.88. The number of carboxylic acids is 1. The summed E-state index contributed by atoms with van der Waals surface area (Å²) < 4.78 is 0. The zero-order chi connectivity index (χ0) is 16.4. The Hall–Kier alpha value is -2.62. The van der Waals surface area contributed by atoms with E-state index in [-0.39, 0.29) is 6.04 Å². The molecule has 0 fully saturated rings. The minimum atomic E-state index is -1.18. The molecule has 1 aliphatic rings. The van der Waals surface area contributed by atoms with Gasteiger partial charge in [0.05, 0.1) is 11.9 Å². The fourth-order valence-corrected chi connectivity index (χ4v) is 3.24. The smallest absolute Gasteiger partial charge is 0.333 e. The van der Waals surface area contributed by atoms with Gasteiger partial charge in [0.1, 0.15) is 0 Å². The first kappa shape index (κ1) is 15.3. The SMILES string of the molecule is CC1=N[C@](C)(C(=O)O)[C@@H](c2ccccc2)N1Cc1ccccc1. The third-order valence-electron chi connectivity index (χ3n) is 4.40. The van der Waals surface area contributed by atoms with Crippen molar-refractivity contribution >= 4 is 11.8 Å². The maximum atomic E-state index is 11.9. The predicted octanol–water partition coefficient (Wildman–Crippen LogP) is 3.51. The van der Waals surface area contributed by atoms with Crippen molar-refractivity contribution in [3.63, 3.8) is 0 Å². The summed E-state index contributed by atoms with van der Waals surface area (Å²) in [5.41, 5.74) is 0.923. The average molecular weight is 308 g/mol. The Kier molecular flexibility index (Phi) is 3.90. The van der Waals surface area contributed by atoms with Crippen LogP contribution in [-0.4, -0.2) is 27.4 Å². The van der Waals surface area contributed by atoms with Crippen molar-refractivity contribution in [2.45, 2.75) is 32.0 Å². The molecule has 2 aromatic rings. The van der Waals surface area contributed by atoms with E-state index in [1.54, 1.807) is 6.92 Å². The fourth-order valence-electron chi connectivity index (χ4n) is 3.24. The third-order valence-corrected chi connectivity index (χ3v) is 4.40. The molecule has 1 N–H and O–H groups in total. The van der Waals surface area contributed by atoms with Gasteiger partial charge in [-0.1, -0.05) is 60.7 Å². The molecule has 1 aliphatic heterocycles. The van der Waals surface area contributed by atoms with Gasteiger partial charge in [-0.2, -0.15) is 0 Å². The lowest BCUT2D eigenvalue weighted by Gasteiger charge is -2.33. The number of nitrogens with zero attached hydrogens (tertiary/aromatic N) is 2. The number of hydrogen-bond donors (Lipinski definition) is 1. The van der Waals surface area contributed by atoms with Gasteiger partial charge in [0.25, 0.3) is 0 Å². The maximum Gasteiger partial charge on any atom is 0.333 e. The van der Waals surface area contributed by atoms with Crippen LogP contribution < -0.4 is 0 Å². The molecule has 0 radical (unpaired) electrons. The standard InChI is InChI=1S/C19H20N2O2/c1-14-20-19(2,18(22)23)17(16-11-7-4-8-12-16)21(14)13-15-9-5-3-6-10-15/h3-12,17H,13H2,1-2H3,(H,22,23)/t17-,19+/m1/s1. The van der Waals surface area contributed by atoms with Crippen LogP contribution in [0.2, 0.25) is 0 Å². The Morgan fingerprint density at radius 3 is 2.26 bits per heavy atom. The summed E-state index contributed by atoms with van der Waals surface area (Å²) in [6, 6.07) is 19.5. The zero-order valence-electron chi connectivity index (χ0n) is 13.3. The van der Waals surface area contributed by atoms with E-state index in [2.05, 4.69) is 9.89 Å². The molecule has 0 saturated heterocycles. The van der Waals surface area contributed by atoms with Gasteiger partial charge in [0.2, 0.25) is 0 Å². The summed E-state index contributed by atoms with van der Waals surface area (Å²) in [5, 5.41) is 9.77. The Bertz CT molecular complexity index is 728. The highest BCUT2D eigenvalue weighted by atomic mass is 16.4. The predicted molar refractivity (Wildman–Crippen MR) is 90.3 cm³/mol. The Labute approximate surface area is 136 Å². The minimum absolute atomic E-state index is 0.318. The van der Waals surface area contributed by atoms with Crippen LogP contribution in [0.1, 0.15) is 31.0 Å². The first-order valence-corrected chi connectivity index (χ1v) is 7.68. The first-order chi connectivity index (χ1) is 11.0. The Morgan fingerprint density at radius 2 is 1.70 bits per heavy atom. The molecule has 0 unspecified atom stereocenters. The van der Waals surface area contributed by atoms with Gasteiger partial charge < -0.3 is 10.0 Å². The van der Waals surface area contributed by atoms with Crippen LogP contribution in [-0.2, 0) is 11.3 Å². The van der Waals surface area contributed by atoms with E-state index in [0.29, 0.717) is 6.54 Å². The monoisotopic (exact) mass is 308 g/mol. The largest absolute Gasteiger partial charge is 0.479 e. The van der Waals surface area contributed by atoms with Crippen molar-refractivity contribution in [2.24, 2.45) is 4.99 Å². The lowest BCUT2D eigenvalue weighted by molar-refractivity contribution is -0.144. The highest BCUT2D eigenvalue weighted by Gasteiger charge is 2.50. The number of hydrogen-bond acceptors (Lipinski definition) is 3. The molecule has 0 aliphatic carbocycles. The zero-order valence-corrected chi connectivity index (χ0v) is 13.3. The van der Waals surface area contributed by atoms with Crippen molar-refractivity contribution in [1.29, 1.82) is 0 Å². The van der Waals surface area contributed by atoms with Crippen LogP contribution in [0.15, 0.2) is 65.7 Å². The fraction of sp³-hybridized carbons (Fsp3) is 0.263. The van der Waals surface area contributed by atoms with Crippen LogP contribution in [0.4, 0.5) is 0 Å². The highest BCUT2D eigenvalue weighted by molar-refractivity contribution is 5.91. The molecule has 4 nitrogen and oxygen atoms in total. The Morgan fingerprint density at radius 1 is 1.13 bits per heavy atom. The summed E-state index contributed by atoms with van der Waals surface area (Å²) in [6.45, 7) is 4.22. The van der Waals surface area contributed by atoms with Crippen LogP contribution in [0.25, 0.3) is 0 Å². The molecule has 1 heterocycles. The van der Waals surface area contributed by atoms with Gasteiger partial charge in [-0.3, -0.25) is 4.99 Å². The minimum Gasteiger partial charge on any atom is -0.479 e. The van der Waals surface area contributed by atoms with Crippen LogP contribution in [0.3, 0.4) is 0 Å². The summed E-state index contributed by atoms with van der Waals surface area (Å²) >= 11 is 0. The van der Waals surface area contributed by atoms with Gasteiger partial charge in [-0.25, -0.2) is 4.79 Å². The second-order valence-electron chi connectivity index (χ2n) is 6.04. The van der Waals surface area contributed by atoms with Crippen molar-refractivity contribution < 1.29 is 9.90 Å². The third kappa shape index (κ3) is 2.72. The van der Waals surface area contributed by atoms with Crippen molar-refractivity contribution in [1.82, 2.24) is 4.90 Å². The molecule has 23 heavy (non-hydrogen) atoms. The molecule has 4 heteroatoms. The lowest BCUT2D eigenvalue weighted by atomic mass is 9.87. The molecule has 0 amide bonds. The number of carbonyl (C=O) groups is 1. The molecule has 0 spiro atoms. The normalized spacial score (nSPS) is 23.7. The van der Waals surface area contributed by atoms with Crippen molar-refractivity contribution in [3.8, 4) is 0 Å². The summed E-state index contributed by atoms with van der Waals surface area (Å²) in [5.74, 6) is -0.145. The molecule has 2 aromatic carbocycles. The van der Waals surface area contributed by atoms with Gasteiger partial charge in [-0.15, -0.1) is 0 Å². The second-order valence-corrected chi connectivity index (χ2v) is 6.04. The van der Waals surface area contributed by atoms with Crippen LogP contribution in [0.5, 0.6) is 0 Å². The van der Waals surface area contributed by atoms with E-state index in [0.717, 1.165) is 17.0 Å². The molecule has 2 atom stereocenters. The lowest BCUT2D eigenvalue weighted by Crippen LogP contribution is -2.43. The average Bonchev–Trinajstić information content (AvgIpc) is 2.81.